The van der Waals surface area contributed by atoms with Crippen molar-refractivity contribution in [2.24, 2.45) is 0 Å². The van der Waals surface area contributed by atoms with Gasteiger partial charge in [-0.05, 0) is 51.8 Å². The Balaban J connectivity index is 2.54. The molecular weight excluding hydrogens is 518 g/mol. The van der Waals surface area contributed by atoms with Gasteiger partial charge in [0.15, 0.2) is 0 Å². The molecule has 0 radical (unpaired) electrons. The number of phenols is 1. The Morgan fingerprint density at radius 2 is 1.73 bits per heavy atom. The molecule has 4 N–H and O–H groups in total. The predicted molar refractivity (Wildman–Crippen MR) is 146 cm³/mol. The summed E-state index contributed by atoms with van der Waals surface area (Å²) in [6.07, 6.45) is -0.838. The highest BCUT2D eigenvalue weighted by Gasteiger charge is 2.37. The van der Waals surface area contributed by atoms with Crippen molar-refractivity contribution in [2.45, 2.75) is 52.3 Å². The lowest BCUT2D eigenvalue weighted by atomic mass is 9.99. The van der Waals surface area contributed by atoms with E-state index in [0.29, 0.717) is 21.8 Å². The van der Waals surface area contributed by atoms with Gasteiger partial charge in [0.25, 0.3) is 5.91 Å². The second-order valence-corrected chi connectivity index (χ2v) is 10.2. The van der Waals surface area contributed by atoms with Gasteiger partial charge in [0.1, 0.15) is 23.4 Å². The molecule has 37 heavy (non-hydrogen) atoms. The Kier molecular flexibility index (Phi) is 10.7. The summed E-state index contributed by atoms with van der Waals surface area (Å²) >= 11 is 10.5. The second-order valence-electron chi connectivity index (χ2n) is 9.47. The maximum Gasteiger partial charge on any atom is 0.408 e. The normalized spacial score (nSPS) is 12.9. The van der Waals surface area contributed by atoms with Crippen LogP contribution in [0.4, 0.5) is 10.5 Å². The largest absolute Gasteiger partial charge is 0.507 e. The highest BCUT2D eigenvalue weighted by Crippen LogP contribution is 2.34. The van der Waals surface area contributed by atoms with Crippen molar-refractivity contribution in [3.05, 3.63) is 58.1 Å². The number of rotatable bonds is 9. The van der Waals surface area contributed by atoms with E-state index < -0.39 is 42.2 Å². The number of thiol groups is 1. The van der Waals surface area contributed by atoms with E-state index in [-0.39, 0.29) is 23.6 Å². The molecule has 2 aromatic rings. The summed E-state index contributed by atoms with van der Waals surface area (Å²) in [6, 6.07) is 7.36. The third-order valence-corrected chi connectivity index (χ3v) is 6.07. The number of phenolic OH excluding ortho intramolecular Hbond substituents is 1. The molecule has 202 valence electrons. The first-order valence-electron chi connectivity index (χ1n) is 11.7. The Morgan fingerprint density at radius 1 is 1.11 bits per heavy atom. The number of halogens is 1. The zero-order valence-corrected chi connectivity index (χ0v) is 23.2. The van der Waals surface area contributed by atoms with Crippen LogP contribution in [0.3, 0.4) is 0 Å². The molecule has 0 saturated heterocycles. The molecule has 0 aliphatic carbocycles. The number of aryl methyl sites for hydroxylation is 2. The number of para-hydroxylation sites is 2. The highest BCUT2D eigenvalue weighted by molar-refractivity contribution is 7.80. The molecule has 0 fully saturated rings. The van der Waals surface area contributed by atoms with Gasteiger partial charge in [0.2, 0.25) is 5.91 Å². The van der Waals surface area contributed by atoms with Gasteiger partial charge in [-0.2, -0.15) is 12.6 Å². The van der Waals surface area contributed by atoms with Crippen LogP contribution in [0.25, 0.3) is 0 Å². The molecule has 2 unspecified atom stereocenters. The maximum absolute atomic E-state index is 13.7. The number of hydrogen-bond donors (Lipinski definition) is 5. The fourth-order valence-electron chi connectivity index (χ4n) is 3.64. The lowest BCUT2D eigenvalue weighted by Crippen LogP contribution is -2.53. The lowest BCUT2D eigenvalue weighted by Gasteiger charge is -2.34. The smallest absolute Gasteiger partial charge is 0.408 e. The molecule has 0 bridgehead atoms. The van der Waals surface area contributed by atoms with Crippen molar-refractivity contribution in [1.82, 2.24) is 10.2 Å². The van der Waals surface area contributed by atoms with Gasteiger partial charge in [0, 0.05) is 17.9 Å². The minimum absolute atomic E-state index is 0.113. The van der Waals surface area contributed by atoms with Crippen LogP contribution in [0.15, 0.2) is 36.4 Å². The van der Waals surface area contributed by atoms with Crippen molar-refractivity contribution in [1.29, 1.82) is 0 Å². The Labute approximate surface area is 227 Å². The van der Waals surface area contributed by atoms with Crippen molar-refractivity contribution in [3.63, 3.8) is 0 Å². The van der Waals surface area contributed by atoms with Crippen LogP contribution in [-0.2, 0) is 14.3 Å². The van der Waals surface area contributed by atoms with Gasteiger partial charge in [-0.3, -0.25) is 9.59 Å². The van der Waals surface area contributed by atoms with Crippen molar-refractivity contribution in [2.75, 3.05) is 24.2 Å². The lowest BCUT2D eigenvalue weighted by molar-refractivity contribution is -0.140. The standard InChI is InChI=1S/C26H34ClN3O6S/c1-15-8-7-11-18(27)20(15)29-23(33)21(17-10-6-9-16(2)22(17)32)30(12-13-31)24(34)19(14-37)28-25(35)36-26(3,4)5/h6-11,19,21,31-32,37H,12-14H2,1-5H3,(H,28,35)(H,29,33). The van der Waals surface area contributed by atoms with Crippen molar-refractivity contribution < 1.29 is 29.3 Å². The topological polar surface area (TPSA) is 128 Å². The minimum atomic E-state index is -1.38. The van der Waals surface area contributed by atoms with Gasteiger partial charge in [-0.15, -0.1) is 0 Å². The second kappa shape index (κ2) is 13.0. The Bertz CT molecular complexity index is 1120. The summed E-state index contributed by atoms with van der Waals surface area (Å²) in [5, 5.41) is 26.2. The summed E-state index contributed by atoms with van der Waals surface area (Å²) in [4.78, 5) is 40.9. The molecule has 0 aromatic heterocycles. The van der Waals surface area contributed by atoms with Gasteiger partial charge in [0.05, 0.1) is 17.3 Å². The zero-order valence-electron chi connectivity index (χ0n) is 21.5. The van der Waals surface area contributed by atoms with E-state index in [1.807, 2.05) is 0 Å². The molecular formula is C26H34ClN3O6S. The molecule has 3 amide bonds. The van der Waals surface area contributed by atoms with Crippen molar-refractivity contribution >= 4 is 47.8 Å². The van der Waals surface area contributed by atoms with E-state index in [9.17, 15) is 24.6 Å². The molecule has 0 aliphatic heterocycles. The first-order valence-corrected chi connectivity index (χ1v) is 12.7. The third-order valence-electron chi connectivity index (χ3n) is 5.39. The van der Waals surface area contributed by atoms with Gasteiger partial charge in [-0.25, -0.2) is 4.79 Å². The summed E-state index contributed by atoms with van der Waals surface area (Å²) < 4.78 is 5.25. The van der Waals surface area contributed by atoms with Crippen LogP contribution in [0.2, 0.25) is 5.02 Å². The molecule has 0 spiro atoms. The number of carbonyl (C=O) groups excluding carboxylic acids is 3. The first kappa shape index (κ1) is 30.3. The monoisotopic (exact) mass is 551 g/mol. The molecule has 9 nitrogen and oxygen atoms in total. The van der Waals surface area contributed by atoms with Crippen molar-refractivity contribution in [3.8, 4) is 5.75 Å². The van der Waals surface area contributed by atoms with Crippen LogP contribution in [-0.4, -0.2) is 63.6 Å². The molecule has 0 heterocycles. The molecule has 11 heteroatoms. The van der Waals surface area contributed by atoms with E-state index in [1.54, 1.807) is 65.0 Å². The van der Waals surface area contributed by atoms with Gasteiger partial charge >= 0.3 is 6.09 Å². The zero-order chi connectivity index (χ0) is 27.9. The van der Waals surface area contributed by atoms with E-state index in [0.717, 1.165) is 4.90 Å². The van der Waals surface area contributed by atoms with Crippen LogP contribution in [0.1, 0.15) is 43.5 Å². The van der Waals surface area contributed by atoms with Gasteiger partial charge < -0.3 is 30.5 Å². The summed E-state index contributed by atoms with van der Waals surface area (Å²) in [7, 11) is 0. The predicted octanol–water partition coefficient (Wildman–Crippen LogP) is 3.99. The molecule has 0 saturated carbocycles. The molecule has 2 atom stereocenters. The summed E-state index contributed by atoms with van der Waals surface area (Å²) in [5.41, 5.74) is 0.854. The number of nitrogens with zero attached hydrogens (tertiary/aromatic N) is 1. The third kappa shape index (κ3) is 8.02. The van der Waals surface area contributed by atoms with Crippen LogP contribution in [0.5, 0.6) is 5.75 Å². The van der Waals surface area contributed by atoms with E-state index in [1.165, 1.54) is 6.07 Å². The summed E-state index contributed by atoms with van der Waals surface area (Å²) in [5.74, 6) is -1.67. The molecule has 2 rings (SSSR count). The number of amides is 3. The Hall–Kier alpha value is -2.95. The average Bonchev–Trinajstić information content (AvgIpc) is 2.80. The van der Waals surface area contributed by atoms with Crippen LogP contribution in [0, 0.1) is 13.8 Å². The van der Waals surface area contributed by atoms with E-state index in [4.69, 9.17) is 16.3 Å². The number of hydrogen-bond acceptors (Lipinski definition) is 7. The number of anilines is 1. The fraction of sp³-hybridized carbons (Fsp3) is 0.423. The quantitative estimate of drug-likeness (QED) is 0.300. The number of ether oxygens (including phenoxy) is 1. The first-order chi connectivity index (χ1) is 17.3. The fourth-order valence-corrected chi connectivity index (χ4v) is 4.16. The number of aromatic hydroxyl groups is 1. The van der Waals surface area contributed by atoms with Crippen LogP contribution < -0.4 is 10.6 Å². The summed E-state index contributed by atoms with van der Waals surface area (Å²) in [6.45, 7) is 7.70. The van der Waals surface area contributed by atoms with Crippen LogP contribution >= 0.6 is 24.2 Å². The number of aliphatic hydroxyl groups excluding tert-OH is 1. The number of benzene rings is 2. The average molecular weight is 552 g/mol. The van der Waals surface area contributed by atoms with Gasteiger partial charge in [-0.1, -0.05) is 41.9 Å². The number of aliphatic hydroxyl groups is 1. The minimum Gasteiger partial charge on any atom is -0.507 e. The molecule has 0 aliphatic rings. The number of carbonyl (C=O) groups is 3. The SMILES string of the molecule is Cc1cccc(C(C(=O)Nc2c(C)cccc2Cl)N(CCO)C(=O)C(CS)NC(=O)OC(C)(C)C)c1O. The maximum atomic E-state index is 13.7. The molecule has 2 aromatic carbocycles. The number of nitrogens with one attached hydrogen (secondary N) is 2. The van der Waals surface area contributed by atoms with E-state index in [2.05, 4.69) is 23.3 Å². The van der Waals surface area contributed by atoms with E-state index >= 15 is 0 Å². The number of alkyl carbamates (subject to hydrolysis) is 1. The Morgan fingerprint density at radius 3 is 2.30 bits per heavy atom. The highest BCUT2D eigenvalue weighted by atomic mass is 35.5.